The molecule has 0 radical (unpaired) electrons. The van der Waals surface area contributed by atoms with Crippen LogP contribution in [-0.2, 0) is 10.1 Å². The number of hydrogen-bond acceptors (Lipinski definition) is 4. The quantitative estimate of drug-likeness (QED) is 0.146. The summed E-state index contributed by atoms with van der Waals surface area (Å²) in [6.45, 7) is 4.31. The monoisotopic (exact) mass is 472 g/mol. The van der Waals surface area contributed by atoms with Gasteiger partial charge in [0.05, 0.1) is 16.2 Å². The summed E-state index contributed by atoms with van der Waals surface area (Å²) in [5.41, 5.74) is 0. The first kappa shape index (κ1) is 33.7. The van der Waals surface area contributed by atoms with Gasteiger partial charge in [-0.25, -0.2) is 8.42 Å². The van der Waals surface area contributed by atoms with Crippen LogP contribution in [-0.4, -0.2) is 29.4 Å². The van der Waals surface area contributed by atoms with E-state index in [1.165, 1.54) is 51.4 Å². The van der Waals surface area contributed by atoms with Gasteiger partial charge in [-0.3, -0.25) is 0 Å². The number of rotatable bonds is 22. The Morgan fingerprint density at radius 2 is 0.967 bits per heavy atom. The molecule has 0 aromatic carbocycles. The van der Waals surface area contributed by atoms with Crippen LogP contribution in [0.25, 0.3) is 0 Å². The van der Waals surface area contributed by atoms with Crippen molar-refractivity contribution in [2.24, 2.45) is 0 Å². The Kier molecular flexibility index (Phi) is 26.6. The van der Waals surface area contributed by atoms with E-state index in [1.54, 1.807) is 0 Å². The summed E-state index contributed by atoms with van der Waals surface area (Å²) in [5, 5.41) is 9.01. The SMILES string of the molecule is CCCCCCCCCCCCCC(CCCCCCC(O)CCC)S(=O)(=O)[O-].[K+]. The third-order valence-corrected chi connectivity index (χ3v) is 7.26. The van der Waals surface area contributed by atoms with Gasteiger partial charge >= 0.3 is 51.4 Å². The minimum Gasteiger partial charge on any atom is -0.748 e. The van der Waals surface area contributed by atoms with Crippen molar-refractivity contribution in [3.05, 3.63) is 0 Å². The standard InChI is InChI=1S/C24H50O4S.K/c1-3-5-6-7-8-9-10-11-12-13-17-21-24(29(26,27)28)22-18-15-14-16-20-23(25)19-4-2;/h23-25H,3-22H2,1-2H3,(H,26,27,28);/q;+1/p-1. The Balaban J connectivity index is 0. The maximum Gasteiger partial charge on any atom is 1.00 e. The molecule has 0 aliphatic rings. The molecule has 0 aliphatic heterocycles. The van der Waals surface area contributed by atoms with Crippen LogP contribution in [0, 0.1) is 0 Å². The fourth-order valence-electron chi connectivity index (χ4n) is 4.05. The molecule has 30 heavy (non-hydrogen) atoms. The molecule has 0 spiro atoms. The zero-order valence-corrected chi connectivity index (χ0v) is 24.3. The fourth-order valence-corrected chi connectivity index (χ4v) is 4.96. The topological polar surface area (TPSA) is 77.4 Å². The molecule has 0 amide bonds. The molecule has 0 aromatic rings. The van der Waals surface area contributed by atoms with Crippen molar-refractivity contribution < 1.29 is 69.5 Å². The Labute approximate surface area is 230 Å². The van der Waals surface area contributed by atoms with E-state index in [9.17, 15) is 18.1 Å². The number of unbranched alkanes of at least 4 members (excludes halogenated alkanes) is 13. The van der Waals surface area contributed by atoms with Gasteiger partial charge in [0.2, 0.25) is 0 Å². The Bertz CT molecular complexity index is 442. The first-order valence-electron chi connectivity index (χ1n) is 12.5. The first-order chi connectivity index (χ1) is 13.9. The molecule has 1 N–H and O–H groups in total. The summed E-state index contributed by atoms with van der Waals surface area (Å²) in [6.07, 6.45) is 20.8. The first-order valence-corrected chi connectivity index (χ1v) is 14.0. The normalized spacial score (nSPS) is 13.7. The number of hydrogen-bond donors (Lipinski definition) is 1. The Morgan fingerprint density at radius 3 is 1.33 bits per heavy atom. The summed E-state index contributed by atoms with van der Waals surface area (Å²) in [4.78, 5) is 0. The molecule has 176 valence electrons. The molecule has 6 heteroatoms. The molecule has 2 unspecified atom stereocenters. The van der Waals surface area contributed by atoms with E-state index in [0.717, 1.165) is 64.2 Å². The van der Waals surface area contributed by atoms with Crippen LogP contribution in [0.2, 0.25) is 0 Å². The predicted octanol–water partition coefficient (Wildman–Crippen LogP) is 4.11. The molecule has 0 aromatic heterocycles. The second kappa shape index (κ2) is 23.7. The average Bonchev–Trinajstić information content (AvgIpc) is 2.66. The smallest absolute Gasteiger partial charge is 0.748 e. The van der Waals surface area contributed by atoms with E-state index >= 15 is 0 Å². The van der Waals surface area contributed by atoms with Gasteiger partial charge in [0.15, 0.2) is 0 Å². The Morgan fingerprint density at radius 1 is 0.600 bits per heavy atom. The molecule has 0 bridgehead atoms. The maximum absolute atomic E-state index is 11.5. The van der Waals surface area contributed by atoms with Crippen LogP contribution in [0.4, 0.5) is 0 Å². The Hall–Kier alpha value is 1.51. The van der Waals surface area contributed by atoms with Gasteiger partial charge in [-0.2, -0.15) is 0 Å². The third-order valence-electron chi connectivity index (χ3n) is 5.97. The molecular formula is C24H49KO4S. The summed E-state index contributed by atoms with van der Waals surface area (Å²) in [6, 6.07) is 0. The summed E-state index contributed by atoms with van der Waals surface area (Å²) >= 11 is 0. The van der Waals surface area contributed by atoms with Crippen molar-refractivity contribution in [2.75, 3.05) is 0 Å². The van der Waals surface area contributed by atoms with Crippen molar-refractivity contribution in [1.82, 2.24) is 0 Å². The van der Waals surface area contributed by atoms with Crippen molar-refractivity contribution >= 4 is 10.1 Å². The third kappa shape index (κ3) is 22.7. The van der Waals surface area contributed by atoms with Crippen LogP contribution in [0.5, 0.6) is 0 Å². The summed E-state index contributed by atoms with van der Waals surface area (Å²) < 4.78 is 34.6. The van der Waals surface area contributed by atoms with Crippen LogP contribution >= 0.6 is 0 Å². The second-order valence-corrected chi connectivity index (χ2v) is 10.5. The number of aliphatic hydroxyl groups excluding tert-OH is 1. The van der Waals surface area contributed by atoms with E-state index in [4.69, 9.17) is 0 Å². The molecule has 0 saturated heterocycles. The molecule has 0 rings (SSSR count). The van der Waals surface area contributed by atoms with Gasteiger partial charge in [0.25, 0.3) is 0 Å². The van der Waals surface area contributed by atoms with Crippen LogP contribution in [0.15, 0.2) is 0 Å². The maximum atomic E-state index is 11.5. The zero-order chi connectivity index (χ0) is 21.8. The van der Waals surface area contributed by atoms with Crippen molar-refractivity contribution in [2.45, 2.75) is 154 Å². The van der Waals surface area contributed by atoms with Gasteiger partial charge in [-0.15, -0.1) is 0 Å². The van der Waals surface area contributed by atoms with E-state index < -0.39 is 15.4 Å². The van der Waals surface area contributed by atoms with Gasteiger partial charge in [-0.1, -0.05) is 117 Å². The molecular weight excluding hydrogens is 423 g/mol. The van der Waals surface area contributed by atoms with Gasteiger partial charge in [0, 0.05) is 5.25 Å². The molecule has 0 aliphatic carbocycles. The van der Waals surface area contributed by atoms with E-state index in [0.29, 0.717) is 12.8 Å². The number of aliphatic hydroxyl groups is 1. The van der Waals surface area contributed by atoms with Crippen LogP contribution in [0.3, 0.4) is 0 Å². The van der Waals surface area contributed by atoms with Gasteiger partial charge < -0.3 is 9.66 Å². The van der Waals surface area contributed by atoms with Crippen LogP contribution < -0.4 is 51.4 Å². The van der Waals surface area contributed by atoms with Gasteiger partial charge in [0.1, 0.15) is 0 Å². The van der Waals surface area contributed by atoms with Crippen molar-refractivity contribution in [3.8, 4) is 0 Å². The molecule has 2 atom stereocenters. The molecule has 0 heterocycles. The van der Waals surface area contributed by atoms with Crippen LogP contribution in [0.1, 0.15) is 142 Å². The van der Waals surface area contributed by atoms with Gasteiger partial charge in [-0.05, 0) is 25.7 Å². The summed E-state index contributed by atoms with van der Waals surface area (Å²) in [5.74, 6) is 0. The van der Waals surface area contributed by atoms with Crippen molar-refractivity contribution in [1.29, 1.82) is 0 Å². The zero-order valence-electron chi connectivity index (χ0n) is 20.4. The minimum atomic E-state index is -4.18. The van der Waals surface area contributed by atoms with E-state index in [1.807, 2.05) is 0 Å². The second-order valence-electron chi connectivity index (χ2n) is 8.87. The van der Waals surface area contributed by atoms with E-state index in [2.05, 4.69) is 13.8 Å². The molecule has 0 saturated carbocycles. The van der Waals surface area contributed by atoms with Crippen molar-refractivity contribution in [3.63, 3.8) is 0 Å². The largest absolute Gasteiger partial charge is 1.00 e. The molecule has 4 nitrogen and oxygen atoms in total. The summed E-state index contributed by atoms with van der Waals surface area (Å²) in [7, 11) is -4.18. The average molecular weight is 473 g/mol. The molecule has 0 fully saturated rings. The predicted molar refractivity (Wildman–Crippen MR) is 123 cm³/mol. The minimum absolute atomic E-state index is 0. The van der Waals surface area contributed by atoms with E-state index in [-0.39, 0.29) is 57.5 Å². The fraction of sp³-hybridized carbons (Fsp3) is 1.00.